The lowest BCUT2D eigenvalue weighted by molar-refractivity contribution is -0.137. The topological polar surface area (TPSA) is 88.7 Å². The first-order valence-corrected chi connectivity index (χ1v) is 12.5. The van der Waals surface area contributed by atoms with Crippen LogP contribution >= 0.6 is 0 Å². The van der Waals surface area contributed by atoms with E-state index >= 15 is 0 Å². The highest BCUT2D eigenvalue weighted by atomic mass is 19.4. The van der Waals surface area contributed by atoms with Gasteiger partial charge in [-0.15, -0.1) is 0 Å². The van der Waals surface area contributed by atoms with Crippen molar-refractivity contribution >= 4 is 11.8 Å². The molecule has 3 aliphatic rings. The van der Waals surface area contributed by atoms with Gasteiger partial charge in [0.15, 0.2) is 0 Å². The van der Waals surface area contributed by atoms with Gasteiger partial charge in [-0.25, -0.2) is 9.78 Å². The van der Waals surface area contributed by atoms with E-state index in [9.17, 15) is 18.0 Å². The first kappa shape index (κ1) is 24.0. The number of hydrogen-bond acceptors (Lipinski definition) is 6. The maximum absolute atomic E-state index is 13.7. The predicted molar refractivity (Wildman–Crippen MR) is 127 cm³/mol. The molecule has 1 aliphatic heterocycles. The van der Waals surface area contributed by atoms with Gasteiger partial charge in [0, 0.05) is 36.3 Å². The highest BCUT2D eigenvalue weighted by Crippen LogP contribution is 2.47. The average molecular weight is 514 g/mol. The van der Waals surface area contributed by atoms with Gasteiger partial charge < -0.3 is 19.3 Å². The van der Waals surface area contributed by atoms with Crippen molar-refractivity contribution in [3.63, 3.8) is 0 Å². The van der Waals surface area contributed by atoms with Crippen molar-refractivity contribution < 1.29 is 32.3 Å². The number of nitrogens with zero attached hydrogens (tertiary/aromatic N) is 3. The average Bonchev–Trinajstić information content (AvgIpc) is 3.33. The van der Waals surface area contributed by atoms with Gasteiger partial charge in [-0.2, -0.15) is 13.2 Å². The van der Waals surface area contributed by atoms with Crippen LogP contribution in [0.2, 0.25) is 0 Å². The summed E-state index contributed by atoms with van der Waals surface area (Å²) in [6.45, 7) is 1.80. The number of fused-ring (bicyclic) bond motifs is 1. The number of pyridine rings is 1. The fourth-order valence-corrected chi connectivity index (χ4v) is 5.74. The van der Waals surface area contributed by atoms with Gasteiger partial charge in [0.25, 0.3) is 0 Å². The molecule has 0 spiro atoms. The standard InChI is InChI=1S/C27H26F3N3O4/c28-27(29,30)22-4-2-1-3-20(22)24-21(25(37-32-24)15-5-6-15)14-36-19-9-17-12-33(13-18(17)10-19)23-8-7-16(11-31-23)26(34)35/h1-4,7-8,11,15,17-19H,5-6,9-10,12-14H2,(H,34,35)/t17-,18+,19?. The van der Waals surface area contributed by atoms with Crippen molar-refractivity contribution in [1.29, 1.82) is 0 Å². The molecular weight excluding hydrogens is 487 g/mol. The highest BCUT2D eigenvalue weighted by molar-refractivity contribution is 5.87. The third-order valence-corrected chi connectivity index (χ3v) is 7.74. The molecule has 37 heavy (non-hydrogen) atoms. The smallest absolute Gasteiger partial charge is 0.417 e. The largest absolute Gasteiger partial charge is 0.478 e. The number of alkyl halides is 3. The van der Waals surface area contributed by atoms with Gasteiger partial charge >= 0.3 is 12.1 Å². The summed E-state index contributed by atoms with van der Waals surface area (Å²) in [4.78, 5) is 17.6. The van der Waals surface area contributed by atoms with E-state index in [1.165, 1.54) is 18.3 Å². The number of benzene rings is 1. The summed E-state index contributed by atoms with van der Waals surface area (Å²) in [7, 11) is 0. The molecule has 7 nitrogen and oxygen atoms in total. The summed E-state index contributed by atoms with van der Waals surface area (Å²) >= 11 is 0. The summed E-state index contributed by atoms with van der Waals surface area (Å²) in [5, 5.41) is 13.2. The zero-order valence-corrected chi connectivity index (χ0v) is 19.9. The Morgan fingerprint density at radius 1 is 1.11 bits per heavy atom. The molecule has 2 aromatic heterocycles. The van der Waals surface area contributed by atoms with Crippen LogP contribution in [-0.4, -0.2) is 40.4 Å². The van der Waals surface area contributed by atoms with Crippen LogP contribution in [0.1, 0.15) is 58.8 Å². The molecule has 2 aliphatic carbocycles. The number of aromatic nitrogens is 2. The van der Waals surface area contributed by atoms with Crippen LogP contribution in [-0.2, 0) is 17.5 Å². The van der Waals surface area contributed by atoms with Crippen molar-refractivity contribution in [2.45, 2.75) is 50.5 Å². The number of carbonyl (C=O) groups is 1. The van der Waals surface area contributed by atoms with Crippen molar-refractivity contribution in [1.82, 2.24) is 10.1 Å². The molecular formula is C27H26F3N3O4. The van der Waals surface area contributed by atoms with E-state index in [4.69, 9.17) is 14.4 Å². The number of hydrogen-bond donors (Lipinski definition) is 1. The van der Waals surface area contributed by atoms with Crippen LogP contribution in [0, 0.1) is 11.8 Å². The van der Waals surface area contributed by atoms with Crippen LogP contribution in [0.5, 0.6) is 0 Å². The molecule has 1 aromatic carbocycles. The zero-order valence-electron chi connectivity index (χ0n) is 19.9. The quantitative estimate of drug-likeness (QED) is 0.430. The van der Waals surface area contributed by atoms with E-state index in [1.54, 1.807) is 18.2 Å². The van der Waals surface area contributed by atoms with E-state index < -0.39 is 17.7 Å². The van der Waals surface area contributed by atoms with Crippen LogP contribution in [0.4, 0.5) is 19.0 Å². The third kappa shape index (κ3) is 4.70. The Morgan fingerprint density at radius 3 is 2.46 bits per heavy atom. The first-order valence-electron chi connectivity index (χ1n) is 12.5. The summed E-state index contributed by atoms with van der Waals surface area (Å²) in [5.41, 5.74) is 0.292. The van der Waals surface area contributed by atoms with Gasteiger partial charge in [0.1, 0.15) is 17.3 Å². The lowest BCUT2D eigenvalue weighted by Crippen LogP contribution is -2.24. The maximum Gasteiger partial charge on any atom is 0.417 e. The number of aromatic carboxylic acids is 1. The number of carboxylic acid groups (broad SMARTS) is 1. The molecule has 10 heteroatoms. The molecule has 1 N–H and O–H groups in total. The van der Waals surface area contributed by atoms with Crippen LogP contribution in [0.3, 0.4) is 0 Å². The monoisotopic (exact) mass is 513 g/mol. The molecule has 2 saturated carbocycles. The number of rotatable bonds is 7. The van der Waals surface area contributed by atoms with Crippen LogP contribution in [0.25, 0.3) is 11.3 Å². The summed E-state index contributed by atoms with van der Waals surface area (Å²) in [5.74, 6) is 1.44. The molecule has 3 heterocycles. The minimum absolute atomic E-state index is 0.00663. The lowest BCUT2D eigenvalue weighted by Gasteiger charge is -2.20. The number of anilines is 1. The van der Waals surface area contributed by atoms with Crippen molar-refractivity contribution in [3.05, 3.63) is 65.0 Å². The Kier molecular flexibility index (Phi) is 5.94. The molecule has 3 fully saturated rings. The highest BCUT2D eigenvalue weighted by Gasteiger charge is 2.43. The Labute approximate surface area is 211 Å². The van der Waals surface area contributed by atoms with E-state index in [0.29, 0.717) is 23.2 Å². The molecule has 0 amide bonds. The fourth-order valence-electron chi connectivity index (χ4n) is 5.74. The van der Waals surface area contributed by atoms with Gasteiger partial charge in [0.2, 0.25) is 0 Å². The molecule has 1 saturated heterocycles. The molecule has 0 radical (unpaired) electrons. The van der Waals surface area contributed by atoms with E-state index in [-0.39, 0.29) is 35.4 Å². The van der Waals surface area contributed by atoms with Gasteiger partial charge in [-0.3, -0.25) is 0 Å². The lowest BCUT2D eigenvalue weighted by atomic mass is 9.99. The Bertz CT molecular complexity index is 1290. The SMILES string of the molecule is O=C(O)c1ccc(N2C[C@H]3CC(OCc4c(-c5ccccc5C(F)(F)F)noc4C4CC4)C[C@H]3C2)nc1. The Hall–Kier alpha value is -3.40. The van der Waals surface area contributed by atoms with Crippen LogP contribution in [0.15, 0.2) is 47.1 Å². The van der Waals surface area contributed by atoms with Crippen molar-refractivity contribution in [2.75, 3.05) is 18.0 Å². The second-order valence-corrected chi connectivity index (χ2v) is 10.2. The van der Waals surface area contributed by atoms with Crippen molar-refractivity contribution in [2.24, 2.45) is 11.8 Å². The third-order valence-electron chi connectivity index (χ3n) is 7.74. The molecule has 6 rings (SSSR count). The minimum atomic E-state index is -4.50. The van der Waals surface area contributed by atoms with Crippen LogP contribution < -0.4 is 4.90 Å². The van der Waals surface area contributed by atoms with E-state index in [2.05, 4.69) is 15.0 Å². The van der Waals surface area contributed by atoms with Crippen molar-refractivity contribution in [3.8, 4) is 11.3 Å². The molecule has 194 valence electrons. The minimum Gasteiger partial charge on any atom is -0.478 e. The van der Waals surface area contributed by atoms with Gasteiger partial charge in [-0.05, 0) is 55.7 Å². The first-order chi connectivity index (χ1) is 17.8. The summed E-state index contributed by atoms with van der Waals surface area (Å²) in [6.07, 6.45) is 0.473. The molecule has 0 bridgehead atoms. The van der Waals surface area contributed by atoms with Gasteiger partial charge in [0.05, 0.1) is 23.8 Å². The molecule has 3 aromatic rings. The maximum atomic E-state index is 13.7. The van der Waals surface area contributed by atoms with E-state index in [0.717, 1.165) is 50.7 Å². The Balaban J connectivity index is 1.14. The second-order valence-electron chi connectivity index (χ2n) is 10.2. The molecule has 3 atom stereocenters. The zero-order chi connectivity index (χ0) is 25.7. The number of ether oxygens (including phenoxy) is 1. The Morgan fingerprint density at radius 2 is 1.84 bits per heavy atom. The van der Waals surface area contributed by atoms with E-state index in [1.807, 2.05) is 0 Å². The fraction of sp³-hybridized carbons (Fsp3) is 0.444. The second kappa shape index (κ2) is 9.16. The number of halogens is 3. The number of carboxylic acids is 1. The summed E-state index contributed by atoms with van der Waals surface area (Å²) < 4.78 is 52.9. The normalized spacial score (nSPS) is 23.4. The predicted octanol–water partition coefficient (Wildman–Crippen LogP) is 5.76. The molecule has 1 unspecified atom stereocenters. The van der Waals surface area contributed by atoms with Gasteiger partial charge in [-0.1, -0.05) is 23.4 Å². The summed E-state index contributed by atoms with van der Waals surface area (Å²) in [6, 6.07) is 8.77.